The highest BCUT2D eigenvalue weighted by Gasteiger charge is 2.42. The number of amides is 2. The van der Waals surface area contributed by atoms with Crippen LogP contribution in [0.3, 0.4) is 0 Å². The number of nitrogens with zero attached hydrogens (tertiary/aromatic N) is 1. The van der Waals surface area contributed by atoms with E-state index >= 15 is 0 Å². The van der Waals surface area contributed by atoms with E-state index in [1.165, 1.54) is 7.05 Å². The molecule has 6 nitrogen and oxygen atoms in total. The zero-order chi connectivity index (χ0) is 16.3. The second kappa shape index (κ2) is 4.60. The lowest BCUT2D eigenvalue weighted by Gasteiger charge is -2.24. The van der Waals surface area contributed by atoms with Gasteiger partial charge in [-0.2, -0.15) is 0 Å². The lowest BCUT2D eigenvalue weighted by atomic mass is 9.99. The Morgan fingerprint density at radius 3 is 2.50 bits per heavy atom. The number of imide groups is 1. The normalized spacial score (nSPS) is 20.0. The monoisotopic (exact) mass is 326 g/mol. The molecule has 1 heterocycles. The highest BCUT2D eigenvalue weighted by atomic mass is 32.2. The molecular formula is C14H15FN2O4S. The molecule has 1 aromatic carbocycles. The maximum Gasteiger partial charge on any atom is 0.260 e. The number of fused-ring (bicyclic) bond motifs is 1. The van der Waals surface area contributed by atoms with Crippen molar-refractivity contribution in [2.75, 3.05) is 7.05 Å². The van der Waals surface area contributed by atoms with Crippen molar-refractivity contribution < 1.29 is 22.4 Å². The largest absolute Gasteiger partial charge is 0.281 e. The first-order valence-corrected chi connectivity index (χ1v) is 8.29. The topological polar surface area (TPSA) is 83.6 Å². The van der Waals surface area contributed by atoms with Gasteiger partial charge in [-0.25, -0.2) is 17.5 Å². The molecule has 118 valence electrons. The number of benzene rings is 1. The summed E-state index contributed by atoms with van der Waals surface area (Å²) >= 11 is 0. The number of rotatable bonds is 3. The molecule has 0 aromatic heterocycles. The fraction of sp³-hybridized carbons (Fsp3) is 0.429. The third kappa shape index (κ3) is 2.42. The van der Waals surface area contributed by atoms with E-state index in [1.807, 2.05) is 0 Å². The van der Waals surface area contributed by atoms with Crippen LogP contribution in [0.5, 0.6) is 0 Å². The Morgan fingerprint density at radius 2 is 1.91 bits per heavy atom. The summed E-state index contributed by atoms with van der Waals surface area (Å²) in [5, 5.41) is 0. The molecule has 2 amide bonds. The van der Waals surface area contributed by atoms with E-state index in [0.29, 0.717) is 12.8 Å². The van der Waals surface area contributed by atoms with E-state index in [9.17, 15) is 22.4 Å². The van der Waals surface area contributed by atoms with Crippen LogP contribution in [0.2, 0.25) is 0 Å². The summed E-state index contributed by atoms with van der Waals surface area (Å²) in [7, 11) is -2.74. The van der Waals surface area contributed by atoms with Crippen molar-refractivity contribution in [3.8, 4) is 0 Å². The molecule has 2 aliphatic rings. The Balaban J connectivity index is 2.08. The van der Waals surface area contributed by atoms with Crippen molar-refractivity contribution in [1.82, 2.24) is 9.62 Å². The van der Waals surface area contributed by atoms with Crippen LogP contribution in [0.25, 0.3) is 0 Å². The van der Waals surface area contributed by atoms with Gasteiger partial charge in [0.05, 0.1) is 6.42 Å². The van der Waals surface area contributed by atoms with Crippen molar-refractivity contribution in [3.63, 3.8) is 0 Å². The van der Waals surface area contributed by atoms with Gasteiger partial charge in [0.25, 0.3) is 5.91 Å². The first-order valence-electron chi connectivity index (χ1n) is 6.80. The van der Waals surface area contributed by atoms with E-state index in [2.05, 4.69) is 4.72 Å². The van der Waals surface area contributed by atoms with E-state index in [1.54, 1.807) is 6.92 Å². The fourth-order valence-corrected chi connectivity index (χ4v) is 3.94. The number of likely N-dealkylation sites (N-methyl/N-ethyl adjacent to an activating group) is 1. The average Bonchev–Trinajstić information content (AvgIpc) is 3.11. The van der Waals surface area contributed by atoms with Crippen LogP contribution in [0, 0.1) is 5.82 Å². The predicted molar refractivity (Wildman–Crippen MR) is 75.2 cm³/mol. The summed E-state index contributed by atoms with van der Waals surface area (Å²) < 4.78 is 41.2. The number of carbonyl (C=O) groups is 2. The summed E-state index contributed by atoms with van der Waals surface area (Å²) in [4.78, 5) is 24.0. The van der Waals surface area contributed by atoms with E-state index in [-0.39, 0.29) is 17.5 Å². The van der Waals surface area contributed by atoms with Gasteiger partial charge < -0.3 is 0 Å². The zero-order valence-electron chi connectivity index (χ0n) is 12.1. The van der Waals surface area contributed by atoms with Gasteiger partial charge in [0, 0.05) is 18.2 Å². The standard InChI is InChI=1S/C14H15FN2O4S/c1-14(3-4-14)16-22(20,21)11-7-9-8(5-10(11)15)6-12(18)17(2)13(9)19/h5,7,16H,3-4,6H2,1-2H3. The minimum absolute atomic E-state index is 0.0461. The Labute approximate surface area is 127 Å². The Morgan fingerprint density at radius 1 is 1.27 bits per heavy atom. The molecule has 0 saturated heterocycles. The number of hydrogen-bond acceptors (Lipinski definition) is 4. The minimum atomic E-state index is -4.05. The molecular weight excluding hydrogens is 311 g/mol. The van der Waals surface area contributed by atoms with Gasteiger partial charge >= 0.3 is 0 Å². The average molecular weight is 326 g/mol. The Hall–Kier alpha value is -1.80. The van der Waals surface area contributed by atoms with Crippen molar-refractivity contribution in [2.45, 2.75) is 36.6 Å². The van der Waals surface area contributed by atoms with Gasteiger partial charge in [0.2, 0.25) is 15.9 Å². The number of halogens is 1. The number of hydrogen-bond donors (Lipinski definition) is 1. The Bertz CT molecular complexity index is 799. The van der Waals surface area contributed by atoms with E-state index in [0.717, 1.165) is 17.0 Å². The lowest BCUT2D eigenvalue weighted by Crippen LogP contribution is -2.40. The molecule has 0 bridgehead atoms. The van der Waals surface area contributed by atoms with Crippen LogP contribution in [-0.2, 0) is 21.2 Å². The van der Waals surface area contributed by atoms with Crippen LogP contribution in [0.1, 0.15) is 35.7 Å². The molecule has 1 aromatic rings. The molecule has 1 saturated carbocycles. The van der Waals surface area contributed by atoms with Crippen LogP contribution < -0.4 is 4.72 Å². The molecule has 1 fully saturated rings. The molecule has 0 spiro atoms. The van der Waals surface area contributed by atoms with E-state index in [4.69, 9.17) is 0 Å². The summed E-state index contributed by atoms with van der Waals surface area (Å²) in [5.74, 6) is -2.03. The van der Waals surface area contributed by atoms with Crippen molar-refractivity contribution >= 4 is 21.8 Å². The second-order valence-corrected chi connectivity index (χ2v) is 7.69. The third-order valence-electron chi connectivity index (χ3n) is 4.08. The highest BCUT2D eigenvalue weighted by molar-refractivity contribution is 7.89. The van der Waals surface area contributed by atoms with Crippen LogP contribution in [-0.4, -0.2) is 37.7 Å². The maximum atomic E-state index is 14.2. The Kier molecular flexibility index (Phi) is 3.16. The number of nitrogens with one attached hydrogen (secondary N) is 1. The smallest absolute Gasteiger partial charge is 0.260 e. The minimum Gasteiger partial charge on any atom is -0.281 e. The van der Waals surface area contributed by atoms with Crippen LogP contribution >= 0.6 is 0 Å². The summed E-state index contributed by atoms with van der Waals surface area (Å²) in [5.41, 5.74) is -0.287. The molecule has 8 heteroatoms. The summed E-state index contributed by atoms with van der Waals surface area (Å²) in [6.07, 6.45) is 1.25. The van der Waals surface area contributed by atoms with Gasteiger partial charge in [0.15, 0.2) is 0 Å². The lowest BCUT2D eigenvalue weighted by molar-refractivity contribution is -0.127. The van der Waals surface area contributed by atoms with Gasteiger partial charge in [0.1, 0.15) is 10.7 Å². The van der Waals surface area contributed by atoms with Gasteiger partial charge in [-0.05, 0) is 37.5 Å². The van der Waals surface area contributed by atoms with Crippen molar-refractivity contribution in [3.05, 3.63) is 29.1 Å². The van der Waals surface area contributed by atoms with Gasteiger partial charge in [-0.3, -0.25) is 14.5 Å². The zero-order valence-corrected chi connectivity index (χ0v) is 13.0. The summed E-state index contributed by atoms with van der Waals surface area (Å²) in [6.45, 7) is 1.73. The third-order valence-corrected chi connectivity index (χ3v) is 5.73. The molecule has 3 rings (SSSR count). The summed E-state index contributed by atoms with van der Waals surface area (Å²) in [6, 6.07) is 1.98. The molecule has 0 unspecified atom stereocenters. The van der Waals surface area contributed by atoms with Crippen LogP contribution in [0.4, 0.5) is 4.39 Å². The first kappa shape index (κ1) is 15.1. The molecule has 0 radical (unpaired) electrons. The quantitative estimate of drug-likeness (QED) is 0.833. The molecule has 1 N–H and O–H groups in total. The first-order chi connectivity index (χ1) is 10.1. The van der Waals surface area contributed by atoms with Crippen molar-refractivity contribution in [1.29, 1.82) is 0 Å². The molecule has 0 atom stereocenters. The number of sulfonamides is 1. The highest BCUT2D eigenvalue weighted by Crippen LogP contribution is 2.36. The molecule has 1 aliphatic carbocycles. The fourth-order valence-electron chi connectivity index (χ4n) is 2.39. The SMILES string of the molecule is CN1C(=O)Cc2cc(F)c(S(=O)(=O)NC3(C)CC3)cc2C1=O. The number of carbonyl (C=O) groups excluding carboxylic acids is 2. The second-order valence-electron chi connectivity index (χ2n) is 6.04. The molecule has 1 aliphatic heterocycles. The molecule has 22 heavy (non-hydrogen) atoms. The maximum absolute atomic E-state index is 14.2. The van der Waals surface area contributed by atoms with Gasteiger partial charge in [-0.15, -0.1) is 0 Å². The predicted octanol–water partition coefficient (Wildman–Crippen LogP) is 0.811. The van der Waals surface area contributed by atoms with Crippen molar-refractivity contribution in [2.24, 2.45) is 0 Å². The van der Waals surface area contributed by atoms with Crippen LogP contribution in [0.15, 0.2) is 17.0 Å². The van der Waals surface area contributed by atoms with Gasteiger partial charge in [-0.1, -0.05) is 0 Å². The van der Waals surface area contributed by atoms with E-state index < -0.39 is 38.1 Å².